The molecule has 0 saturated carbocycles. The third kappa shape index (κ3) is 3.36. The number of rotatable bonds is 5. The Kier molecular flexibility index (Phi) is 4.06. The van der Waals surface area contributed by atoms with E-state index in [9.17, 15) is 9.18 Å². The van der Waals surface area contributed by atoms with E-state index in [4.69, 9.17) is 5.73 Å². The first-order chi connectivity index (χ1) is 11.0. The number of carbonyl (C=O) groups excluding carboxylic acids is 1. The number of hydrogen-bond acceptors (Lipinski definition) is 3. The highest BCUT2D eigenvalue weighted by Gasteiger charge is 2.13. The number of amides is 1. The molecular formula is C17H17FN4O. The lowest BCUT2D eigenvalue weighted by atomic mass is 10.2. The van der Waals surface area contributed by atoms with E-state index < -0.39 is 0 Å². The molecule has 0 spiro atoms. The van der Waals surface area contributed by atoms with E-state index >= 15 is 0 Å². The summed E-state index contributed by atoms with van der Waals surface area (Å²) in [6, 6.07) is 10.1. The van der Waals surface area contributed by atoms with Crippen molar-refractivity contribution >= 4 is 17.1 Å². The number of nitrogens with two attached hydrogens (primary N) is 1. The van der Waals surface area contributed by atoms with Crippen molar-refractivity contribution < 1.29 is 9.18 Å². The number of benzene rings is 1. The molecule has 1 aromatic carbocycles. The molecule has 0 atom stereocenters. The van der Waals surface area contributed by atoms with Crippen molar-refractivity contribution in [1.82, 2.24) is 14.5 Å². The van der Waals surface area contributed by atoms with E-state index in [-0.39, 0.29) is 18.1 Å². The third-order valence-electron chi connectivity index (χ3n) is 3.66. The van der Waals surface area contributed by atoms with Crippen molar-refractivity contribution in [3.8, 4) is 0 Å². The number of nitrogens with zero attached hydrogens (tertiary/aromatic N) is 3. The fourth-order valence-corrected chi connectivity index (χ4v) is 2.51. The highest BCUT2D eigenvalue weighted by atomic mass is 19.1. The van der Waals surface area contributed by atoms with Crippen molar-refractivity contribution in [3.63, 3.8) is 0 Å². The first kappa shape index (κ1) is 15.1. The quantitative estimate of drug-likeness (QED) is 0.786. The molecule has 6 heteroatoms. The van der Waals surface area contributed by atoms with Crippen molar-refractivity contribution in [2.75, 3.05) is 0 Å². The minimum Gasteiger partial charge on any atom is -0.370 e. The zero-order chi connectivity index (χ0) is 16.4. The molecule has 0 fully saturated rings. The molecule has 118 valence electrons. The number of halogens is 1. The van der Waals surface area contributed by atoms with Gasteiger partial charge in [0.2, 0.25) is 5.91 Å². The molecule has 5 nitrogen and oxygen atoms in total. The SMILES string of the molecule is Cc1ccc2nc(CCC(N)=O)n(Cc3ccc(F)cc3)c2n1. The van der Waals surface area contributed by atoms with Crippen LogP contribution < -0.4 is 5.73 Å². The largest absolute Gasteiger partial charge is 0.370 e. The fraction of sp³-hybridized carbons (Fsp3) is 0.235. The van der Waals surface area contributed by atoms with Gasteiger partial charge in [-0.05, 0) is 36.8 Å². The smallest absolute Gasteiger partial charge is 0.217 e. The summed E-state index contributed by atoms with van der Waals surface area (Å²) >= 11 is 0. The molecule has 0 radical (unpaired) electrons. The highest BCUT2D eigenvalue weighted by Crippen LogP contribution is 2.18. The van der Waals surface area contributed by atoms with E-state index in [1.54, 1.807) is 12.1 Å². The van der Waals surface area contributed by atoms with Crippen LogP contribution in [0.1, 0.15) is 23.5 Å². The lowest BCUT2D eigenvalue weighted by molar-refractivity contribution is -0.118. The molecule has 0 unspecified atom stereocenters. The van der Waals surface area contributed by atoms with E-state index in [1.807, 2.05) is 23.6 Å². The van der Waals surface area contributed by atoms with Crippen LogP contribution in [-0.2, 0) is 17.8 Å². The molecule has 2 N–H and O–H groups in total. The van der Waals surface area contributed by atoms with Crippen molar-refractivity contribution in [2.45, 2.75) is 26.3 Å². The Morgan fingerprint density at radius 2 is 1.91 bits per heavy atom. The molecule has 0 saturated heterocycles. The van der Waals surface area contributed by atoms with E-state index in [1.165, 1.54) is 12.1 Å². The second-order valence-electron chi connectivity index (χ2n) is 5.50. The van der Waals surface area contributed by atoms with Crippen LogP contribution in [0.3, 0.4) is 0 Å². The average molecular weight is 312 g/mol. The Hall–Kier alpha value is -2.76. The van der Waals surface area contributed by atoms with Crippen LogP contribution in [0.25, 0.3) is 11.2 Å². The highest BCUT2D eigenvalue weighted by molar-refractivity contribution is 5.75. The first-order valence-electron chi connectivity index (χ1n) is 7.38. The Morgan fingerprint density at radius 1 is 1.17 bits per heavy atom. The summed E-state index contributed by atoms with van der Waals surface area (Å²) in [6.07, 6.45) is 0.678. The maximum absolute atomic E-state index is 13.1. The fourth-order valence-electron chi connectivity index (χ4n) is 2.51. The molecule has 2 aromatic heterocycles. The van der Waals surface area contributed by atoms with Gasteiger partial charge in [-0.15, -0.1) is 0 Å². The molecule has 23 heavy (non-hydrogen) atoms. The summed E-state index contributed by atoms with van der Waals surface area (Å²) in [6.45, 7) is 2.43. The average Bonchev–Trinajstić information content (AvgIpc) is 2.85. The minimum atomic E-state index is -0.366. The number of hydrogen-bond donors (Lipinski definition) is 1. The van der Waals surface area contributed by atoms with Gasteiger partial charge in [0.15, 0.2) is 5.65 Å². The Bertz CT molecular complexity index is 855. The summed E-state index contributed by atoms with van der Waals surface area (Å²) in [5.74, 6) is 0.114. The third-order valence-corrected chi connectivity index (χ3v) is 3.66. The Balaban J connectivity index is 2.03. The van der Waals surface area contributed by atoms with Gasteiger partial charge in [-0.1, -0.05) is 12.1 Å². The van der Waals surface area contributed by atoms with Gasteiger partial charge < -0.3 is 10.3 Å². The van der Waals surface area contributed by atoms with Gasteiger partial charge in [-0.25, -0.2) is 14.4 Å². The second-order valence-corrected chi connectivity index (χ2v) is 5.50. The second kappa shape index (κ2) is 6.16. The maximum Gasteiger partial charge on any atom is 0.217 e. The summed E-state index contributed by atoms with van der Waals surface area (Å²) in [7, 11) is 0. The molecule has 0 aliphatic carbocycles. The number of primary amides is 1. The van der Waals surface area contributed by atoms with Crippen molar-refractivity contribution in [1.29, 1.82) is 0 Å². The summed E-state index contributed by atoms with van der Waals surface area (Å²) in [4.78, 5) is 20.2. The van der Waals surface area contributed by atoms with Crippen LogP contribution in [0.15, 0.2) is 36.4 Å². The summed E-state index contributed by atoms with van der Waals surface area (Å²) in [5, 5.41) is 0. The van der Waals surface area contributed by atoms with Gasteiger partial charge in [0.1, 0.15) is 17.2 Å². The molecule has 1 amide bonds. The molecule has 0 bridgehead atoms. The molecule has 3 aromatic rings. The predicted molar refractivity (Wildman–Crippen MR) is 85.3 cm³/mol. The lowest BCUT2D eigenvalue weighted by Crippen LogP contribution is -2.14. The van der Waals surface area contributed by atoms with Crippen LogP contribution in [-0.4, -0.2) is 20.4 Å². The van der Waals surface area contributed by atoms with Gasteiger partial charge in [0.05, 0.1) is 6.54 Å². The lowest BCUT2D eigenvalue weighted by Gasteiger charge is -2.09. The van der Waals surface area contributed by atoms with Gasteiger partial charge in [0.25, 0.3) is 0 Å². The van der Waals surface area contributed by atoms with E-state index in [2.05, 4.69) is 9.97 Å². The normalized spacial score (nSPS) is 11.0. The van der Waals surface area contributed by atoms with Crippen molar-refractivity contribution in [3.05, 3.63) is 59.3 Å². The zero-order valence-corrected chi connectivity index (χ0v) is 12.8. The van der Waals surface area contributed by atoms with Gasteiger partial charge >= 0.3 is 0 Å². The Labute approximate surface area is 133 Å². The maximum atomic E-state index is 13.1. The molecule has 2 heterocycles. The predicted octanol–water partition coefficient (Wildman–Crippen LogP) is 2.35. The molecule has 0 aliphatic rings. The van der Waals surface area contributed by atoms with Crippen LogP contribution >= 0.6 is 0 Å². The van der Waals surface area contributed by atoms with Gasteiger partial charge in [0, 0.05) is 18.5 Å². The summed E-state index contributed by atoms with van der Waals surface area (Å²) < 4.78 is 15.0. The van der Waals surface area contributed by atoms with Crippen LogP contribution in [0.4, 0.5) is 4.39 Å². The number of fused-ring (bicyclic) bond motifs is 1. The van der Waals surface area contributed by atoms with Crippen molar-refractivity contribution in [2.24, 2.45) is 5.73 Å². The van der Waals surface area contributed by atoms with Gasteiger partial charge in [-0.2, -0.15) is 0 Å². The van der Waals surface area contributed by atoms with Gasteiger partial charge in [-0.3, -0.25) is 4.79 Å². The zero-order valence-electron chi connectivity index (χ0n) is 12.8. The number of pyridine rings is 1. The monoisotopic (exact) mass is 312 g/mol. The number of carbonyl (C=O) groups is 1. The number of aryl methyl sites for hydroxylation is 2. The first-order valence-corrected chi connectivity index (χ1v) is 7.38. The minimum absolute atomic E-state index is 0.228. The van der Waals surface area contributed by atoms with E-state index in [0.717, 1.165) is 28.2 Å². The number of imidazole rings is 1. The van der Waals surface area contributed by atoms with Crippen LogP contribution in [0.5, 0.6) is 0 Å². The number of aromatic nitrogens is 3. The molecule has 3 rings (SSSR count). The molecular weight excluding hydrogens is 295 g/mol. The standard InChI is InChI=1S/C17H17FN4O/c1-11-2-7-14-17(20-11)22(16(21-14)9-8-15(19)23)10-12-3-5-13(18)6-4-12/h2-7H,8-10H2,1H3,(H2,19,23). The Morgan fingerprint density at radius 3 is 2.61 bits per heavy atom. The van der Waals surface area contributed by atoms with E-state index in [0.29, 0.717) is 13.0 Å². The molecule has 0 aliphatic heterocycles. The van der Waals surface area contributed by atoms with Crippen LogP contribution in [0.2, 0.25) is 0 Å². The van der Waals surface area contributed by atoms with Crippen LogP contribution in [0, 0.1) is 12.7 Å². The topological polar surface area (TPSA) is 73.8 Å². The summed E-state index contributed by atoms with van der Waals surface area (Å²) in [5.41, 5.74) is 8.61.